The minimum Gasteiger partial charge on any atom is -0.480 e. The van der Waals surface area contributed by atoms with E-state index in [-0.39, 0.29) is 11.4 Å². The third-order valence-electron chi connectivity index (χ3n) is 2.32. The average Bonchev–Trinajstić information content (AvgIpc) is 2.76. The fourth-order valence-electron chi connectivity index (χ4n) is 1.36. The predicted octanol–water partition coefficient (Wildman–Crippen LogP) is -0.348. The van der Waals surface area contributed by atoms with Crippen LogP contribution in [0.15, 0.2) is 23.4 Å². The van der Waals surface area contributed by atoms with Crippen molar-refractivity contribution >= 4 is 16.0 Å². The predicted molar refractivity (Wildman–Crippen MR) is 65.7 cm³/mol. The first-order chi connectivity index (χ1) is 8.34. The lowest BCUT2D eigenvalue weighted by atomic mass is 10.5. The zero-order chi connectivity index (χ0) is 13.8. The zero-order valence-corrected chi connectivity index (χ0v) is 11.1. The Balaban J connectivity index is 2.91. The molecule has 0 atom stereocenters. The van der Waals surface area contributed by atoms with Crippen LogP contribution < -0.4 is 0 Å². The number of carbonyl (C=O) groups is 1. The van der Waals surface area contributed by atoms with Gasteiger partial charge in [-0.2, -0.15) is 4.31 Å². The van der Waals surface area contributed by atoms with Crippen LogP contribution in [-0.4, -0.2) is 67.4 Å². The molecule has 1 heterocycles. The van der Waals surface area contributed by atoms with Gasteiger partial charge in [0.15, 0.2) is 0 Å². The first-order valence-electron chi connectivity index (χ1n) is 5.33. The van der Waals surface area contributed by atoms with E-state index in [2.05, 4.69) is 4.98 Å². The fourth-order valence-corrected chi connectivity index (χ4v) is 2.72. The van der Waals surface area contributed by atoms with Crippen molar-refractivity contribution in [3.63, 3.8) is 0 Å². The van der Waals surface area contributed by atoms with Crippen molar-refractivity contribution in [3.8, 4) is 0 Å². The average molecular weight is 275 g/mol. The van der Waals surface area contributed by atoms with Crippen LogP contribution in [0.4, 0.5) is 0 Å². The maximum Gasteiger partial charge on any atom is 0.318 e. The number of hydrogen-bond donors (Lipinski definition) is 2. The number of nitrogens with one attached hydrogen (secondary N) is 1. The van der Waals surface area contributed by atoms with Gasteiger partial charge >= 0.3 is 5.97 Å². The summed E-state index contributed by atoms with van der Waals surface area (Å²) in [6.07, 6.45) is 2.82. The molecule has 0 saturated carbocycles. The molecule has 0 saturated heterocycles. The van der Waals surface area contributed by atoms with Crippen molar-refractivity contribution in [2.24, 2.45) is 0 Å². The minimum atomic E-state index is -3.75. The third-order valence-corrected chi connectivity index (χ3v) is 4.16. The van der Waals surface area contributed by atoms with Gasteiger partial charge in [-0.25, -0.2) is 8.42 Å². The van der Waals surface area contributed by atoms with Crippen LogP contribution >= 0.6 is 0 Å². The molecule has 8 heteroatoms. The lowest BCUT2D eigenvalue weighted by molar-refractivity contribution is -0.137. The molecule has 1 rings (SSSR count). The molecule has 0 amide bonds. The Morgan fingerprint density at radius 2 is 2.06 bits per heavy atom. The van der Waals surface area contributed by atoms with Gasteiger partial charge in [-0.3, -0.25) is 4.79 Å². The largest absolute Gasteiger partial charge is 0.480 e. The minimum absolute atomic E-state index is 0.0718. The van der Waals surface area contributed by atoms with Crippen LogP contribution in [0, 0.1) is 0 Å². The molecular weight excluding hydrogens is 258 g/mol. The lowest BCUT2D eigenvalue weighted by Gasteiger charge is -2.21. The Bertz CT molecular complexity index is 481. The molecule has 0 fully saturated rings. The highest BCUT2D eigenvalue weighted by Crippen LogP contribution is 2.14. The molecule has 1 aromatic heterocycles. The van der Waals surface area contributed by atoms with Crippen molar-refractivity contribution < 1.29 is 18.3 Å². The van der Waals surface area contributed by atoms with E-state index in [9.17, 15) is 13.2 Å². The summed E-state index contributed by atoms with van der Waals surface area (Å²) in [7, 11) is -0.167. The van der Waals surface area contributed by atoms with E-state index in [1.54, 1.807) is 19.0 Å². The van der Waals surface area contributed by atoms with Crippen molar-refractivity contribution in [3.05, 3.63) is 18.5 Å². The van der Waals surface area contributed by atoms with Gasteiger partial charge in [0.25, 0.3) is 0 Å². The summed E-state index contributed by atoms with van der Waals surface area (Å²) in [6.45, 7) is 0.0467. The van der Waals surface area contributed by atoms with E-state index < -0.39 is 22.5 Å². The summed E-state index contributed by atoms with van der Waals surface area (Å²) in [5.41, 5.74) is 0. The second-order valence-electron chi connectivity index (χ2n) is 4.08. The topological polar surface area (TPSA) is 93.7 Å². The Kier molecular flexibility index (Phi) is 4.88. The molecule has 7 nitrogen and oxygen atoms in total. The summed E-state index contributed by atoms with van der Waals surface area (Å²) >= 11 is 0. The van der Waals surface area contributed by atoms with Gasteiger partial charge in [0.2, 0.25) is 10.0 Å². The number of H-pyrrole nitrogens is 1. The van der Waals surface area contributed by atoms with Crippen molar-refractivity contribution in [1.29, 1.82) is 0 Å². The number of aromatic nitrogens is 1. The van der Waals surface area contributed by atoms with E-state index in [4.69, 9.17) is 5.11 Å². The van der Waals surface area contributed by atoms with E-state index in [1.165, 1.54) is 18.5 Å². The molecule has 0 aliphatic heterocycles. The van der Waals surface area contributed by atoms with Crippen molar-refractivity contribution in [1.82, 2.24) is 14.2 Å². The molecule has 0 aromatic carbocycles. The van der Waals surface area contributed by atoms with E-state index in [0.717, 1.165) is 4.31 Å². The molecular formula is C10H17N3O4S. The van der Waals surface area contributed by atoms with Crippen LogP contribution in [0.25, 0.3) is 0 Å². The number of rotatable bonds is 7. The van der Waals surface area contributed by atoms with Crippen LogP contribution in [0.3, 0.4) is 0 Å². The van der Waals surface area contributed by atoms with Crippen LogP contribution in [-0.2, 0) is 14.8 Å². The number of likely N-dealkylation sites (N-methyl/N-ethyl adjacent to an activating group) is 1. The number of hydrogen-bond acceptors (Lipinski definition) is 4. The Hall–Kier alpha value is -1.38. The number of aromatic amines is 1. The standard InChI is InChI=1S/C10H17N3O4S/c1-12(2)5-6-13(8-10(14)15)18(16,17)9-3-4-11-7-9/h3-4,7,11H,5-6,8H2,1-2H3,(H,14,15). The molecule has 0 bridgehead atoms. The maximum atomic E-state index is 12.2. The highest BCUT2D eigenvalue weighted by Gasteiger charge is 2.26. The van der Waals surface area contributed by atoms with Crippen LogP contribution in [0.5, 0.6) is 0 Å². The monoisotopic (exact) mass is 275 g/mol. The Labute approximate surface area is 106 Å². The Morgan fingerprint density at radius 3 is 2.50 bits per heavy atom. The molecule has 0 aliphatic rings. The van der Waals surface area contributed by atoms with Crippen LogP contribution in [0.1, 0.15) is 0 Å². The third kappa shape index (κ3) is 3.83. The zero-order valence-electron chi connectivity index (χ0n) is 10.3. The Morgan fingerprint density at radius 1 is 1.39 bits per heavy atom. The summed E-state index contributed by atoms with van der Waals surface area (Å²) in [5, 5.41) is 8.78. The molecule has 1 aromatic rings. The van der Waals surface area contributed by atoms with Crippen molar-refractivity contribution in [2.75, 3.05) is 33.7 Å². The maximum absolute atomic E-state index is 12.2. The van der Waals surface area contributed by atoms with E-state index in [0.29, 0.717) is 6.54 Å². The van der Waals surface area contributed by atoms with E-state index in [1.807, 2.05) is 0 Å². The van der Waals surface area contributed by atoms with Crippen molar-refractivity contribution in [2.45, 2.75) is 4.90 Å². The quantitative estimate of drug-likeness (QED) is 0.709. The normalized spacial score (nSPS) is 12.2. The molecule has 0 aliphatic carbocycles. The second kappa shape index (κ2) is 5.98. The van der Waals surface area contributed by atoms with Gasteiger partial charge in [0.05, 0.1) is 4.90 Å². The summed E-state index contributed by atoms with van der Waals surface area (Å²) in [5.74, 6) is -1.17. The number of sulfonamides is 1. The molecule has 2 N–H and O–H groups in total. The second-order valence-corrected chi connectivity index (χ2v) is 6.02. The molecule has 0 spiro atoms. The van der Waals surface area contributed by atoms with Crippen LogP contribution in [0.2, 0.25) is 0 Å². The number of aliphatic carboxylic acids is 1. The van der Waals surface area contributed by atoms with E-state index >= 15 is 0 Å². The lowest BCUT2D eigenvalue weighted by Crippen LogP contribution is -2.39. The fraction of sp³-hybridized carbons (Fsp3) is 0.500. The molecule has 0 unspecified atom stereocenters. The summed E-state index contributed by atoms with van der Waals surface area (Å²) in [4.78, 5) is 15.3. The highest BCUT2D eigenvalue weighted by atomic mass is 32.2. The van der Waals surface area contributed by atoms with Gasteiger partial charge < -0.3 is 15.0 Å². The molecule has 18 heavy (non-hydrogen) atoms. The first kappa shape index (κ1) is 14.7. The van der Waals surface area contributed by atoms with Gasteiger partial charge in [-0.05, 0) is 20.2 Å². The molecule has 0 radical (unpaired) electrons. The van der Waals surface area contributed by atoms with Gasteiger partial charge in [-0.1, -0.05) is 0 Å². The SMILES string of the molecule is CN(C)CCN(CC(=O)O)S(=O)(=O)c1cc[nH]c1. The number of carboxylic acids is 1. The van der Waals surface area contributed by atoms with Gasteiger partial charge in [0.1, 0.15) is 6.54 Å². The highest BCUT2D eigenvalue weighted by molar-refractivity contribution is 7.89. The smallest absolute Gasteiger partial charge is 0.318 e. The molecule has 102 valence electrons. The first-order valence-corrected chi connectivity index (χ1v) is 6.77. The van der Waals surface area contributed by atoms with Gasteiger partial charge in [0, 0.05) is 25.5 Å². The number of nitrogens with zero attached hydrogens (tertiary/aromatic N) is 2. The number of carboxylic acid groups (broad SMARTS) is 1. The summed E-state index contributed by atoms with van der Waals surface area (Å²) < 4.78 is 25.3. The summed E-state index contributed by atoms with van der Waals surface area (Å²) in [6, 6.07) is 1.40. The van der Waals surface area contributed by atoms with Gasteiger partial charge in [-0.15, -0.1) is 0 Å².